The van der Waals surface area contributed by atoms with Crippen LogP contribution in [0.5, 0.6) is 0 Å². The highest BCUT2D eigenvalue weighted by Crippen LogP contribution is 2.24. The Morgan fingerprint density at radius 1 is 0.676 bits per heavy atom. The van der Waals surface area contributed by atoms with Crippen molar-refractivity contribution in [1.82, 2.24) is 0 Å². The van der Waals surface area contributed by atoms with E-state index in [9.17, 15) is 0 Å². The van der Waals surface area contributed by atoms with Crippen molar-refractivity contribution >= 4 is 75.5 Å². The van der Waals surface area contributed by atoms with Gasteiger partial charge >= 0.3 is 25.7 Å². The molecule has 1 aliphatic heterocycles. The minimum absolute atomic E-state index is 0. The Morgan fingerprint density at radius 3 is 1.35 bits per heavy atom. The summed E-state index contributed by atoms with van der Waals surface area (Å²) in [5.41, 5.74) is 0. The Kier molecular flexibility index (Phi) is 23.8. The third-order valence-corrected chi connectivity index (χ3v) is 22.4. The Hall–Kier alpha value is 1.45. The van der Waals surface area contributed by atoms with Gasteiger partial charge in [0, 0.05) is 6.61 Å². The van der Waals surface area contributed by atoms with Gasteiger partial charge in [-0.25, -0.2) is 0 Å². The Labute approximate surface area is 228 Å². The van der Waals surface area contributed by atoms with Gasteiger partial charge in [-0.2, -0.15) is 0 Å². The predicted octanol–water partition coefficient (Wildman–Crippen LogP) is 6.21. The molecule has 14 heteroatoms. The van der Waals surface area contributed by atoms with E-state index in [1.807, 2.05) is 52.4 Å². The predicted molar refractivity (Wildman–Crippen MR) is 177 cm³/mol. The molecule has 4 radical (unpaired) electrons. The first-order valence-corrected chi connectivity index (χ1v) is 31.1. The molecule has 1 rings (SSSR count). The fourth-order valence-electron chi connectivity index (χ4n) is 3.62. The van der Waals surface area contributed by atoms with Crippen LogP contribution < -0.4 is 0 Å². The van der Waals surface area contributed by atoms with Gasteiger partial charge in [0.1, 0.15) is 16.4 Å². The molecule has 0 amide bonds. The van der Waals surface area contributed by atoms with E-state index in [4.69, 9.17) is 35.8 Å². The van der Waals surface area contributed by atoms with Crippen molar-refractivity contribution in [3.63, 3.8) is 0 Å². The molecule has 5 nitrogen and oxygen atoms in total. The lowest BCUT2D eigenvalue weighted by molar-refractivity contribution is 0.231. The van der Waals surface area contributed by atoms with E-state index >= 15 is 0 Å². The lowest BCUT2D eigenvalue weighted by Gasteiger charge is -2.40. The van der Waals surface area contributed by atoms with Crippen LogP contribution in [0.3, 0.4) is 0 Å². The maximum absolute atomic E-state index is 6.12. The Bertz CT molecular complexity index is 471. The van der Waals surface area contributed by atoms with E-state index in [0.29, 0.717) is 0 Å². The van der Waals surface area contributed by atoms with Crippen LogP contribution in [-0.4, -0.2) is 82.1 Å². The van der Waals surface area contributed by atoms with Crippen LogP contribution >= 0.6 is 0 Å². The second-order valence-corrected chi connectivity index (χ2v) is 33.3. The molecule has 0 aliphatic carbocycles. The summed E-state index contributed by atoms with van der Waals surface area (Å²) >= 11 is 0. The van der Waals surface area contributed by atoms with Gasteiger partial charge in [-0.3, -0.25) is 0 Å². The quantitative estimate of drug-likeness (QED) is 0.340. The van der Waals surface area contributed by atoms with Crippen molar-refractivity contribution in [2.45, 2.75) is 126 Å². The van der Waals surface area contributed by atoms with Gasteiger partial charge in [0.25, 0.3) is 0 Å². The zero-order valence-corrected chi connectivity index (χ0v) is 31.0. The van der Waals surface area contributed by atoms with E-state index in [-0.39, 0.29) is 22.3 Å². The summed E-state index contributed by atoms with van der Waals surface area (Å²) in [6.07, 6.45) is 2.50. The standard InChI is InChI=1S/C8H24B2O3Si4.C8H20O2Si2.CH6Si.3CH4/c1-14(2,9)11-16(5,6)13-17(7,8)12-15(3,4)10;1-11(2)8-6-5-7-9-12(3,4)10-11;1-2;;;/h1-8H3;5-8H2,1-4H3;1-2H3;3*1H4. The molecule has 0 spiro atoms. The van der Waals surface area contributed by atoms with Gasteiger partial charge in [0.05, 0.1) is 14.9 Å². The number of hydrogen-bond acceptors (Lipinski definition) is 5. The maximum atomic E-state index is 6.12. The Morgan fingerprint density at radius 2 is 1.03 bits per heavy atom. The van der Waals surface area contributed by atoms with Crippen LogP contribution in [0.25, 0.3) is 0 Å². The van der Waals surface area contributed by atoms with Crippen LogP contribution in [0, 0.1) is 0 Å². The van der Waals surface area contributed by atoms with Crippen LogP contribution in [0.2, 0.25) is 91.2 Å². The molecule has 206 valence electrons. The van der Waals surface area contributed by atoms with Gasteiger partial charge < -0.3 is 20.9 Å². The van der Waals surface area contributed by atoms with Crippen LogP contribution in [0.1, 0.15) is 35.1 Å². The van der Waals surface area contributed by atoms with Crippen molar-refractivity contribution < 1.29 is 20.9 Å². The minimum atomic E-state index is -2.23. The largest absolute Gasteiger partial charge is 0.445 e. The molecule has 0 saturated carbocycles. The fourth-order valence-corrected chi connectivity index (χ4v) is 27.3. The van der Waals surface area contributed by atoms with Gasteiger partial charge in [-0.1, -0.05) is 61.4 Å². The summed E-state index contributed by atoms with van der Waals surface area (Å²) < 4.78 is 29.9. The molecule has 0 atom stereocenters. The zero-order chi connectivity index (χ0) is 25.4. The summed E-state index contributed by atoms with van der Waals surface area (Å²) in [7, 11) is 1.58. The van der Waals surface area contributed by atoms with Gasteiger partial charge in [0.15, 0.2) is 8.32 Å². The van der Waals surface area contributed by atoms with Crippen molar-refractivity contribution in [2.24, 2.45) is 0 Å². The van der Waals surface area contributed by atoms with Crippen LogP contribution in [-0.2, 0) is 20.9 Å². The molecule has 0 N–H and O–H groups in total. The summed E-state index contributed by atoms with van der Waals surface area (Å²) in [4.78, 5) is 0. The molecule has 1 fully saturated rings. The fraction of sp³-hybridized carbons (Fsp3) is 1.00. The maximum Gasteiger partial charge on any atom is 0.321 e. The first-order chi connectivity index (χ1) is 13.5. The van der Waals surface area contributed by atoms with Crippen molar-refractivity contribution in [3.8, 4) is 0 Å². The molecule has 0 bridgehead atoms. The average Bonchev–Trinajstić information content (AvgIpc) is 2.39. The second kappa shape index (κ2) is 17.9. The van der Waals surface area contributed by atoms with E-state index < -0.39 is 50.4 Å². The third-order valence-electron chi connectivity index (χ3n) is 3.65. The van der Waals surface area contributed by atoms with Crippen molar-refractivity contribution in [3.05, 3.63) is 0 Å². The van der Waals surface area contributed by atoms with E-state index in [0.717, 1.165) is 6.61 Å². The molecule has 1 saturated heterocycles. The molecule has 1 heterocycles. The number of rotatable bonds is 6. The molecule has 0 aromatic rings. The van der Waals surface area contributed by atoms with E-state index in [1.54, 1.807) is 0 Å². The minimum Gasteiger partial charge on any atom is -0.445 e. The van der Waals surface area contributed by atoms with Crippen molar-refractivity contribution in [1.29, 1.82) is 0 Å². The first-order valence-electron chi connectivity index (χ1n) is 11.6. The summed E-state index contributed by atoms with van der Waals surface area (Å²) in [6.45, 7) is 27.9. The Balaban J connectivity index is -0.000000147. The monoisotopic (exact) mass is 600 g/mol. The van der Waals surface area contributed by atoms with Gasteiger partial charge in [0.2, 0.25) is 0 Å². The molecule has 0 unspecified atom stereocenters. The normalized spacial score (nSPS) is 18.0. The van der Waals surface area contributed by atoms with Gasteiger partial charge in [-0.05, 0) is 75.1 Å². The van der Waals surface area contributed by atoms with E-state index in [1.165, 1.54) is 29.1 Å². The third kappa shape index (κ3) is 28.0. The molecule has 1 aliphatic rings. The van der Waals surface area contributed by atoms with E-state index in [2.05, 4.69) is 32.7 Å². The lowest BCUT2D eigenvalue weighted by atomic mass is 10.4. The summed E-state index contributed by atoms with van der Waals surface area (Å²) in [5, 5.41) is 0. The van der Waals surface area contributed by atoms with Crippen LogP contribution in [0.15, 0.2) is 0 Å². The first kappa shape index (κ1) is 45.4. The topological polar surface area (TPSA) is 46.2 Å². The SMILES string of the molecule is C.C.C.C[SiH3].C[Si]1(C)CCCCO[Si](C)(C)O1.[B][Si](C)(C)O[Si](C)(C)O[Si](C)(C)O[Si]([B])(C)C. The average molecular weight is 601 g/mol. The molecule has 34 heavy (non-hydrogen) atoms. The van der Waals surface area contributed by atoms with Crippen LogP contribution in [0.4, 0.5) is 0 Å². The molecule has 0 aromatic heterocycles. The summed E-state index contributed by atoms with van der Waals surface area (Å²) in [6, 6.07) is 1.30. The van der Waals surface area contributed by atoms with Crippen molar-refractivity contribution in [2.75, 3.05) is 6.61 Å². The molecule has 0 aromatic carbocycles. The highest BCUT2D eigenvalue weighted by molar-refractivity contribution is 7.15. The highest BCUT2D eigenvalue weighted by atomic mass is 28.5. The summed E-state index contributed by atoms with van der Waals surface area (Å²) in [5.74, 6) is 0. The number of hydrogen-bond donors (Lipinski definition) is 0. The highest BCUT2D eigenvalue weighted by Gasteiger charge is 2.40. The smallest absolute Gasteiger partial charge is 0.321 e. The second-order valence-electron chi connectivity index (χ2n) is 10.9. The molecular formula is C20H62B2O5Si7. The molecular weight excluding hydrogens is 538 g/mol. The zero-order valence-electron chi connectivity index (χ0n) is 23.0. The lowest BCUT2D eigenvalue weighted by Crippen LogP contribution is -2.56. The van der Waals surface area contributed by atoms with Gasteiger partial charge in [-0.15, -0.1) is 0 Å².